The predicted octanol–water partition coefficient (Wildman–Crippen LogP) is 2.59. The van der Waals surface area contributed by atoms with Gasteiger partial charge in [0.15, 0.2) is 5.11 Å². The Kier molecular flexibility index (Phi) is 6.74. The first-order valence-corrected chi connectivity index (χ1v) is 6.59. The number of hydrogen-bond acceptors (Lipinski definition) is 3. The molecule has 4 nitrogen and oxygen atoms in total. The Labute approximate surface area is 120 Å². The molecule has 0 amide bonds. The van der Waals surface area contributed by atoms with Crippen molar-refractivity contribution in [2.45, 2.75) is 6.42 Å². The van der Waals surface area contributed by atoms with Crippen molar-refractivity contribution in [3.63, 3.8) is 0 Å². The summed E-state index contributed by atoms with van der Waals surface area (Å²) in [5, 5.41) is 6.88. The number of rotatable bonds is 7. The van der Waals surface area contributed by atoms with Gasteiger partial charge in [-0.25, -0.2) is 0 Å². The monoisotopic (exact) mass is 279 g/mol. The van der Waals surface area contributed by atoms with Crippen LogP contribution in [0.5, 0.6) is 0 Å². The first-order valence-electron chi connectivity index (χ1n) is 6.18. The normalized spacial score (nSPS) is 9.58. The molecule has 0 aliphatic heterocycles. The average Bonchev–Trinajstić information content (AvgIpc) is 2.39. The van der Waals surface area contributed by atoms with Crippen LogP contribution in [0, 0.1) is 0 Å². The molecule has 19 heavy (non-hydrogen) atoms. The van der Waals surface area contributed by atoms with E-state index in [1.165, 1.54) is 6.26 Å². The molecule has 0 spiro atoms. The summed E-state index contributed by atoms with van der Waals surface area (Å²) in [6.07, 6.45) is 2.33. The molecule has 0 saturated carbocycles. The molecule has 0 unspecified atom stereocenters. The predicted molar refractivity (Wildman–Crippen MR) is 85.8 cm³/mol. The summed E-state index contributed by atoms with van der Waals surface area (Å²) in [5.41, 5.74) is 2.14. The van der Waals surface area contributed by atoms with E-state index in [1.54, 1.807) is 0 Å². The number of hydrogen-bond donors (Lipinski definition) is 2. The number of anilines is 2. The number of thiocarbonyl (C=S) groups is 1. The van der Waals surface area contributed by atoms with Gasteiger partial charge in [0, 0.05) is 32.0 Å². The third kappa shape index (κ3) is 6.10. The van der Waals surface area contributed by atoms with Gasteiger partial charge in [-0.3, -0.25) is 0 Å². The minimum atomic E-state index is 0.621. The first kappa shape index (κ1) is 15.3. The van der Waals surface area contributed by atoms with Crippen molar-refractivity contribution in [1.82, 2.24) is 5.32 Å². The number of nitrogens with one attached hydrogen (secondary N) is 2. The zero-order valence-electron chi connectivity index (χ0n) is 11.5. The van der Waals surface area contributed by atoms with Gasteiger partial charge >= 0.3 is 0 Å². The van der Waals surface area contributed by atoms with E-state index in [2.05, 4.69) is 22.1 Å². The molecule has 0 fully saturated rings. The summed E-state index contributed by atoms with van der Waals surface area (Å²) in [7, 11) is 4.03. The van der Waals surface area contributed by atoms with Crippen molar-refractivity contribution in [3.05, 3.63) is 37.1 Å². The van der Waals surface area contributed by atoms with Gasteiger partial charge in [-0.05, 0) is 42.9 Å². The van der Waals surface area contributed by atoms with Crippen molar-refractivity contribution >= 4 is 28.7 Å². The molecule has 5 heteroatoms. The van der Waals surface area contributed by atoms with Crippen molar-refractivity contribution in [2.75, 3.05) is 37.5 Å². The number of benzene rings is 1. The van der Waals surface area contributed by atoms with Crippen molar-refractivity contribution in [1.29, 1.82) is 0 Å². The topological polar surface area (TPSA) is 36.5 Å². The lowest BCUT2D eigenvalue weighted by Gasteiger charge is -2.14. The second-order valence-electron chi connectivity index (χ2n) is 4.21. The lowest BCUT2D eigenvalue weighted by Crippen LogP contribution is -2.29. The van der Waals surface area contributed by atoms with Gasteiger partial charge in [0.1, 0.15) is 0 Å². The Morgan fingerprint density at radius 2 is 2.05 bits per heavy atom. The molecule has 0 aromatic heterocycles. The van der Waals surface area contributed by atoms with Crippen LogP contribution in [0.25, 0.3) is 0 Å². The van der Waals surface area contributed by atoms with Crippen LogP contribution in [0.4, 0.5) is 11.4 Å². The smallest absolute Gasteiger partial charge is 0.170 e. The third-order valence-corrected chi connectivity index (χ3v) is 2.73. The largest absolute Gasteiger partial charge is 0.502 e. The zero-order chi connectivity index (χ0) is 14.1. The molecule has 1 aromatic rings. The molecule has 0 aliphatic carbocycles. The second-order valence-corrected chi connectivity index (χ2v) is 4.62. The highest BCUT2D eigenvalue weighted by Crippen LogP contribution is 2.15. The van der Waals surface area contributed by atoms with Crippen molar-refractivity contribution < 1.29 is 4.74 Å². The van der Waals surface area contributed by atoms with E-state index in [-0.39, 0.29) is 0 Å². The lowest BCUT2D eigenvalue weighted by molar-refractivity contribution is 0.247. The van der Waals surface area contributed by atoms with E-state index < -0.39 is 0 Å². The minimum Gasteiger partial charge on any atom is -0.502 e. The van der Waals surface area contributed by atoms with Crippen LogP contribution in [-0.2, 0) is 4.74 Å². The summed E-state index contributed by atoms with van der Waals surface area (Å²) < 4.78 is 5.02. The summed E-state index contributed by atoms with van der Waals surface area (Å²) in [6.45, 7) is 4.91. The van der Waals surface area contributed by atoms with E-state index in [0.717, 1.165) is 24.3 Å². The average molecular weight is 279 g/mol. The fourth-order valence-corrected chi connectivity index (χ4v) is 1.68. The van der Waals surface area contributed by atoms with Crippen LogP contribution >= 0.6 is 12.2 Å². The standard InChI is InChI=1S/C14H21N3OS/c1-4-18-11-5-10-15-14(19)16-12-6-8-13(9-7-12)17(2)3/h4,6-9H,1,5,10-11H2,2-3H3,(H2,15,16,19). The Balaban J connectivity index is 2.29. The first-order chi connectivity index (χ1) is 9.13. The van der Waals surface area contributed by atoms with Crippen LogP contribution < -0.4 is 15.5 Å². The van der Waals surface area contributed by atoms with E-state index in [9.17, 15) is 0 Å². The van der Waals surface area contributed by atoms with Crippen molar-refractivity contribution in [3.8, 4) is 0 Å². The Hall–Kier alpha value is -1.75. The zero-order valence-corrected chi connectivity index (χ0v) is 12.3. The molecule has 0 saturated heterocycles. The SMILES string of the molecule is C=COCCCNC(=S)Nc1ccc(N(C)C)cc1. The minimum absolute atomic E-state index is 0.621. The Morgan fingerprint density at radius 3 is 2.63 bits per heavy atom. The van der Waals surface area contributed by atoms with Crippen LogP contribution in [0.15, 0.2) is 37.1 Å². The van der Waals surface area contributed by atoms with Gasteiger partial charge in [0.2, 0.25) is 0 Å². The number of nitrogens with zero attached hydrogens (tertiary/aromatic N) is 1. The van der Waals surface area contributed by atoms with E-state index in [0.29, 0.717) is 11.7 Å². The van der Waals surface area contributed by atoms with Gasteiger partial charge in [0.25, 0.3) is 0 Å². The molecular formula is C14H21N3OS. The fraction of sp³-hybridized carbons (Fsp3) is 0.357. The molecule has 0 aliphatic rings. The summed E-state index contributed by atoms with van der Waals surface area (Å²) in [4.78, 5) is 2.06. The molecule has 0 bridgehead atoms. The molecule has 2 N–H and O–H groups in total. The van der Waals surface area contributed by atoms with Gasteiger partial charge in [-0.2, -0.15) is 0 Å². The molecule has 1 aromatic carbocycles. The second kappa shape index (κ2) is 8.37. The van der Waals surface area contributed by atoms with Crippen LogP contribution in [0.3, 0.4) is 0 Å². The Morgan fingerprint density at radius 1 is 1.37 bits per heavy atom. The van der Waals surface area contributed by atoms with Gasteiger partial charge in [-0.15, -0.1) is 0 Å². The van der Waals surface area contributed by atoms with Crippen LogP contribution in [0.1, 0.15) is 6.42 Å². The van der Waals surface area contributed by atoms with Gasteiger partial charge in [-0.1, -0.05) is 6.58 Å². The molecule has 0 radical (unpaired) electrons. The molecule has 0 atom stereocenters. The van der Waals surface area contributed by atoms with E-state index in [1.807, 2.05) is 38.4 Å². The van der Waals surface area contributed by atoms with Crippen LogP contribution in [0.2, 0.25) is 0 Å². The lowest BCUT2D eigenvalue weighted by atomic mass is 10.2. The maximum Gasteiger partial charge on any atom is 0.170 e. The molecule has 0 heterocycles. The van der Waals surface area contributed by atoms with Crippen molar-refractivity contribution in [2.24, 2.45) is 0 Å². The van der Waals surface area contributed by atoms with E-state index in [4.69, 9.17) is 17.0 Å². The highest BCUT2D eigenvalue weighted by molar-refractivity contribution is 7.80. The quantitative estimate of drug-likeness (QED) is 0.456. The number of ether oxygens (including phenoxy) is 1. The van der Waals surface area contributed by atoms with Gasteiger partial charge < -0.3 is 20.3 Å². The summed E-state index contributed by atoms with van der Waals surface area (Å²) >= 11 is 5.20. The maximum atomic E-state index is 5.20. The van der Waals surface area contributed by atoms with E-state index >= 15 is 0 Å². The molecule has 104 valence electrons. The summed E-state index contributed by atoms with van der Waals surface area (Å²) in [6, 6.07) is 8.10. The summed E-state index contributed by atoms with van der Waals surface area (Å²) in [5.74, 6) is 0. The highest BCUT2D eigenvalue weighted by atomic mass is 32.1. The molecular weight excluding hydrogens is 258 g/mol. The highest BCUT2D eigenvalue weighted by Gasteiger charge is 1.98. The Bertz CT molecular complexity index is 404. The van der Waals surface area contributed by atoms with Crippen LogP contribution in [-0.4, -0.2) is 32.4 Å². The van der Waals surface area contributed by atoms with Gasteiger partial charge in [0.05, 0.1) is 12.9 Å². The molecule has 1 rings (SSSR count). The fourth-order valence-electron chi connectivity index (χ4n) is 1.46. The third-order valence-electron chi connectivity index (χ3n) is 2.48. The maximum absolute atomic E-state index is 5.20.